The number of fused-ring (bicyclic) bond motifs is 3. The average molecular weight is 377 g/mol. The third-order valence-electron chi connectivity index (χ3n) is 4.45. The highest BCUT2D eigenvalue weighted by Crippen LogP contribution is 2.34. The quantitative estimate of drug-likeness (QED) is 0.290. The summed E-state index contributed by atoms with van der Waals surface area (Å²) in [6.45, 7) is 0.409. The van der Waals surface area contributed by atoms with Gasteiger partial charge in [0.15, 0.2) is 11.1 Å². The van der Waals surface area contributed by atoms with Crippen LogP contribution in [0.1, 0.15) is 6.42 Å². The van der Waals surface area contributed by atoms with Gasteiger partial charge in [0.2, 0.25) is 0 Å². The number of nitrogens with zero attached hydrogens (tertiary/aromatic N) is 1. The number of hydrogen-bond acceptors (Lipinski definition) is 3. The molecule has 4 aromatic rings. The lowest BCUT2D eigenvalue weighted by Crippen LogP contribution is -2.03. The number of benzene rings is 3. The SMILES string of the molecule is O=S(O)CCCOc1ccc2c(-c3ccccc3)nc3ccccc3c2c1. The lowest BCUT2D eigenvalue weighted by Gasteiger charge is -2.12. The van der Waals surface area contributed by atoms with Crippen molar-refractivity contribution < 1.29 is 13.5 Å². The van der Waals surface area contributed by atoms with Gasteiger partial charge in [-0.25, -0.2) is 9.19 Å². The van der Waals surface area contributed by atoms with Crippen LogP contribution < -0.4 is 4.74 Å². The first-order valence-corrected chi connectivity index (χ1v) is 10.1. The molecule has 27 heavy (non-hydrogen) atoms. The first-order chi connectivity index (χ1) is 13.2. The summed E-state index contributed by atoms with van der Waals surface area (Å²) in [7, 11) is 0. The summed E-state index contributed by atoms with van der Waals surface area (Å²) in [4.78, 5) is 4.90. The van der Waals surface area contributed by atoms with Gasteiger partial charge in [0.1, 0.15) is 5.75 Å². The molecule has 0 aliphatic heterocycles. The highest BCUT2D eigenvalue weighted by atomic mass is 32.2. The number of aromatic nitrogens is 1. The summed E-state index contributed by atoms with van der Waals surface area (Å²) in [5.41, 5.74) is 2.97. The van der Waals surface area contributed by atoms with E-state index in [1.54, 1.807) is 0 Å². The summed E-state index contributed by atoms with van der Waals surface area (Å²) in [6, 6.07) is 24.2. The van der Waals surface area contributed by atoms with Gasteiger partial charge in [-0.05, 0) is 36.1 Å². The molecule has 5 heteroatoms. The van der Waals surface area contributed by atoms with Crippen molar-refractivity contribution in [1.29, 1.82) is 0 Å². The molecule has 0 amide bonds. The monoisotopic (exact) mass is 377 g/mol. The van der Waals surface area contributed by atoms with Crippen LogP contribution in [-0.2, 0) is 11.1 Å². The van der Waals surface area contributed by atoms with Crippen LogP contribution in [0.4, 0.5) is 0 Å². The Balaban J connectivity index is 1.79. The molecule has 4 nitrogen and oxygen atoms in total. The lowest BCUT2D eigenvalue weighted by molar-refractivity contribution is 0.318. The molecule has 1 atom stereocenters. The molecule has 1 unspecified atom stereocenters. The summed E-state index contributed by atoms with van der Waals surface area (Å²) in [6.07, 6.45) is 0.535. The molecule has 0 bridgehead atoms. The minimum absolute atomic E-state index is 0.221. The fraction of sp³-hybridized carbons (Fsp3) is 0.136. The molecular formula is C22H19NO3S. The molecule has 0 saturated carbocycles. The second kappa shape index (κ2) is 7.86. The summed E-state index contributed by atoms with van der Waals surface area (Å²) < 4.78 is 25.4. The van der Waals surface area contributed by atoms with Gasteiger partial charge in [-0.3, -0.25) is 0 Å². The molecule has 4 rings (SSSR count). The van der Waals surface area contributed by atoms with Gasteiger partial charge in [0.05, 0.1) is 23.6 Å². The Morgan fingerprint density at radius 1 is 0.889 bits per heavy atom. The topological polar surface area (TPSA) is 59.4 Å². The zero-order valence-corrected chi connectivity index (χ0v) is 15.5. The van der Waals surface area contributed by atoms with Crippen LogP contribution in [0.25, 0.3) is 32.9 Å². The van der Waals surface area contributed by atoms with E-state index in [1.807, 2.05) is 54.6 Å². The van der Waals surface area contributed by atoms with Gasteiger partial charge in [-0.2, -0.15) is 0 Å². The van der Waals surface area contributed by atoms with Crippen molar-refractivity contribution in [1.82, 2.24) is 4.98 Å². The van der Waals surface area contributed by atoms with E-state index in [-0.39, 0.29) is 5.75 Å². The number of hydrogen-bond donors (Lipinski definition) is 1. The minimum atomic E-state index is -1.78. The Morgan fingerprint density at radius 3 is 2.48 bits per heavy atom. The number of rotatable bonds is 6. The van der Waals surface area contributed by atoms with Gasteiger partial charge in [0, 0.05) is 16.3 Å². The molecule has 0 spiro atoms. The predicted molar refractivity (Wildman–Crippen MR) is 110 cm³/mol. The fourth-order valence-electron chi connectivity index (χ4n) is 3.21. The normalized spacial score (nSPS) is 12.3. The minimum Gasteiger partial charge on any atom is -0.494 e. The Bertz CT molecular complexity index is 1110. The van der Waals surface area contributed by atoms with Crippen LogP contribution in [0.3, 0.4) is 0 Å². The van der Waals surface area contributed by atoms with Crippen LogP contribution >= 0.6 is 0 Å². The molecule has 1 N–H and O–H groups in total. The van der Waals surface area contributed by atoms with Crippen molar-refractivity contribution in [2.45, 2.75) is 6.42 Å². The average Bonchev–Trinajstić information content (AvgIpc) is 2.71. The molecule has 0 fully saturated rings. The van der Waals surface area contributed by atoms with Crippen molar-refractivity contribution in [3.05, 3.63) is 72.8 Å². The highest BCUT2D eigenvalue weighted by molar-refractivity contribution is 7.79. The third-order valence-corrected chi connectivity index (χ3v) is 5.09. The standard InChI is InChI=1S/C22H19NO3S/c24-27(25)14-6-13-26-17-11-12-19-20(15-17)18-9-4-5-10-21(18)23-22(19)16-7-2-1-3-8-16/h1-5,7-12,15H,6,13-14H2,(H,24,25). The van der Waals surface area contributed by atoms with E-state index in [4.69, 9.17) is 14.3 Å². The van der Waals surface area contributed by atoms with E-state index in [2.05, 4.69) is 18.2 Å². The van der Waals surface area contributed by atoms with Crippen molar-refractivity contribution >= 4 is 32.8 Å². The molecule has 3 aromatic carbocycles. The van der Waals surface area contributed by atoms with Gasteiger partial charge >= 0.3 is 0 Å². The van der Waals surface area contributed by atoms with Crippen LogP contribution in [0.2, 0.25) is 0 Å². The lowest BCUT2D eigenvalue weighted by atomic mass is 10.00. The van der Waals surface area contributed by atoms with Gasteiger partial charge in [-0.15, -0.1) is 0 Å². The summed E-state index contributed by atoms with van der Waals surface area (Å²) in [5, 5.41) is 3.24. The van der Waals surface area contributed by atoms with Crippen LogP contribution in [0.15, 0.2) is 72.8 Å². The maximum atomic E-state index is 10.8. The summed E-state index contributed by atoms with van der Waals surface area (Å²) >= 11 is -1.78. The molecule has 1 heterocycles. The number of para-hydroxylation sites is 1. The molecule has 136 valence electrons. The Kier molecular flexibility index (Phi) is 5.14. The van der Waals surface area contributed by atoms with Crippen LogP contribution in [-0.4, -0.2) is 26.1 Å². The van der Waals surface area contributed by atoms with E-state index in [1.165, 1.54) is 0 Å². The zero-order chi connectivity index (χ0) is 18.6. The van der Waals surface area contributed by atoms with E-state index in [0.29, 0.717) is 13.0 Å². The highest BCUT2D eigenvalue weighted by Gasteiger charge is 2.11. The van der Waals surface area contributed by atoms with E-state index in [9.17, 15) is 4.21 Å². The van der Waals surface area contributed by atoms with Crippen molar-refractivity contribution in [2.75, 3.05) is 12.4 Å². The van der Waals surface area contributed by atoms with Crippen molar-refractivity contribution in [3.8, 4) is 17.0 Å². The van der Waals surface area contributed by atoms with Crippen LogP contribution in [0.5, 0.6) is 5.75 Å². The molecule has 0 aliphatic carbocycles. The molecule has 0 saturated heterocycles. The Morgan fingerprint density at radius 2 is 1.67 bits per heavy atom. The Hall–Kier alpha value is -2.76. The zero-order valence-electron chi connectivity index (χ0n) is 14.7. The van der Waals surface area contributed by atoms with Crippen molar-refractivity contribution in [2.24, 2.45) is 0 Å². The second-order valence-electron chi connectivity index (χ2n) is 6.28. The van der Waals surface area contributed by atoms with Gasteiger partial charge in [-0.1, -0.05) is 48.5 Å². The van der Waals surface area contributed by atoms with E-state index < -0.39 is 11.1 Å². The maximum Gasteiger partial charge on any atom is 0.152 e. The second-order valence-corrected chi connectivity index (χ2v) is 7.33. The molecule has 0 radical (unpaired) electrons. The Labute approximate surface area is 160 Å². The van der Waals surface area contributed by atoms with Crippen LogP contribution in [0, 0.1) is 0 Å². The van der Waals surface area contributed by atoms with Gasteiger partial charge in [0.25, 0.3) is 0 Å². The number of ether oxygens (including phenoxy) is 1. The largest absolute Gasteiger partial charge is 0.494 e. The van der Waals surface area contributed by atoms with E-state index >= 15 is 0 Å². The predicted octanol–water partition coefficient (Wildman–Crippen LogP) is 5.05. The molecule has 1 aromatic heterocycles. The molecular weight excluding hydrogens is 358 g/mol. The first kappa shape index (κ1) is 17.6. The third kappa shape index (κ3) is 3.84. The number of pyridine rings is 1. The first-order valence-electron chi connectivity index (χ1n) is 8.80. The fourth-order valence-corrected chi connectivity index (χ4v) is 3.58. The summed E-state index contributed by atoms with van der Waals surface area (Å²) in [5.74, 6) is 0.972. The molecule has 0 aliphatic rings. The van der Waals surface area contributed by atoms with Gasteiger partial charge < -0.3 is 9.29 Å². The van der Waals surface area contributed by atoms with E-state index in [0.717, 1.165) is 38.7 Å². The smallest absolute Gasteiger partial charge is 0.152 e. The van der Waals surface area contributed by atoms with Crippen molar-refractivity contribution in [3.63, 3.8) is 0 Å². The maximum absolute atomic E-state index is 10.8.